The molecule has 1 aromatic rings. The molecule has 0 radical (unpaired) electrons. The summed E-state index contributed by atoms with van der Waals surface area (Å²) in [5.74, 6) is 0. The van der Waals surface area contributed by atoms with Gasteiger partial charge < -0.3 is 19.9 Å². The summed E-state index contributed by atoms with van der Waals surface area (Å²) in [6.45, 7) is 2.84. The lowest BCUT2D eigenvalue weighted by atomic mass is 10.2. The maximum atomic E-state index is 5.84. The number of ether oxygens (including phenoxy) is 3. The van der Waals surface area contributed by atoms with Gasteiger partial charge in [0.25, 0.3) is 0 Å². The van der Waals surface area contributed by atoms with E-state index in [-0.39, 0.29) is 0 Å². The highest BCUT2D eigenvalue weighted by Gasteiger charge is 1.99. The Balaban J connectivity index is 2.14. The molecule has 0 amide bonds. The van der Waals surface area contributed by atoms with E-state index in [1.807, 2.05) is 18.2 Å². The molecule has 17 heavy (non-hydrogen) atoms. The Kier molecular flexibility index (Phi) is 7.19. The molecule has 0 heterocycles. The summed E-state index contributed by atoms with van der Waals surface area (Å²) in [5, 5.41) is 0. The zero-order valence-electron chi connectivity index (χ0n) is 9.95. The minimum atomic E-state index is 0.507. The molecule has 0 saturated carbocycles. The van der Waals surface area contributed by atoms with Crippen molar-refractivity contribution in [2.45, 2.75) is 6.61 Å². The lowest BCUT2D eigenvalue weighted by Gasteiger charge is -2.08. The average Bonchev–Trinajstić information content (AvgIpc) is 2.30. The second kappa shape index (κ2) is 8.47. The molecule has 0 spiro atoms. The molecule has 0 aliphatic rings. The molecule has 0 aliphatic heterocycles. The molecule has 0 saturated heterocycles. The van der Waals surface area contributed by atoms with Crippen LogP contribution in [-0.4, -0.2) is 33.5 Å². The Bertz CT molecular complexity index is 334. The van der Waals surface area contributed by atoms with Crippen LogP contribution in [0.3, 0.4) is 0 Å². The molecular weight excluding hydrogens is 286 g/mol. The largest absolute Gasteiger partial charge is 0.398 e. The van der Waals surface area contributed by atoms with Crippen LogP contribution in [0, 0.1) is 0 Å². The quantitative estimate of drug-likeness (QED) is 0.591. The second-order valence-electron chi connectivity index (χ2n) is 3.50. The van der Waals surface area contributed by atoms with E-state index in [4.69, 9.17) is 19.9 Å². The molecule has 0 atom stereocenters. The number of nitrogens with two attached hydrogens (primary N) is 1. The summed E-state index contributed by atoms with van der Waals surface area (Å²) in [6, 6.07) is 5.77. The van der Waals surface area contributed by atoms with Crippen molar-refractivity contribution in [3.05, 3.63) is 28.2 Å². The first-order chi connectivity index (χ1) is 8.24. The van der Waals surface area contributed by atoms with Gasteiger partial charge in [-0.3, -0.25) is 0 Å². The third-order valence-electron chi connectivity index (χ3n) is 2.17. The van der Waals surface area contributed by atoms with Crippen molar-refractivity contribution < 1.29 is 14.2 Å². The van der Waals surface area contributed by atoms with Crippen LogP contribution in [0.2, 0.25) is 0 Å². The molecule has 1 rings (SSSR count). The molecule has 0 aliphatic carbocycles. The third-order valence-corrected chi connectivity index (χ3v) is 2.66. The van der Waals surface area contributed by atoms with Crippen LogP contribution in [0.5, 0.6) is 0 Å². The molecule has 0 fully saturated rings. The maximum absolute atomic E-state index is 5.84. The Morgan fingerprint density at radius 2 is 1.82 bits per heavy atom. The number of benzene rings is 1. The lowest BCUT2D eigenvalue weighted by molar-refractivity contribution is 0.0201. The van der Waals surface area contributed by atoms with Gasteiger partial charge in [0.2, 0.25) is 0 Å². The average molecular weight is 304 g/mol. The van der Waals surface area contributed by atoms with Gasteiger partial charge in [0.15, 0.2) is 0 Å². The monoisotopic (exact) mass is 303 g/mol. The van der Waals surface area contributed by atoms with Crippen molar-refractivity contribution >= 4 is 21.6 Å². The predicted octanol–water partition coefficient (Wildman–Crippen LogP) is 2.21. The van der Waals surface area contributed by atoms with Crippen molar-refractivity contribution in [2.75, 3.05) is 39.3 Å². The normalized spacial score (nSPS) is 10.7. The fourth-order valence-electron chi connectivity index (χ4n) is 1.24. The van der Waals surface area contributed by atoms with Crippen molar-refractivity contribution in [1.82, 2.24) is 0 Å². The van der Waals surface area contributed by atoms with Crippen LogP contribution in [0.25, 0.3) is 0 Å². The first-order valence-corrected chi connectivity index (χ1v) is 6.21. The molecule has 0 aromatic heterocycles. The Morgan fingerprint density at radius 1 is 1.12 bits per heavy atom. The highest BCUT2D eigenvalue weighted by atomic mass is 79.9. The number of anilines is 1. The van der Waals surface area contributed by atoms with Gasteiger partial charge >= 0.3 is 0 Å². The molecule has 5 heteroatoms. The van der Waals surface area contributed by atoms with E-state index in [0.717, 1.165) is 15.7 Å². The Hall–Kier alpha value is -0.620. The van der Waals surface area contributed by atoms with E-state index in [1.54, 1.807) is 7.11 Å². The van der Waals surface area contributed by atoms with Gasteiger partial charge in [-0.2, -0.15) is 0 Å². The van der Waals surface area contributed by atoms with E-state index < -0.39 is 0 Å². The van der Waals surface area contributed by atoms with Gasteiger partial charge in [-0.1, -0.05) is 22.0 Å². The van der Waals surface area contributed by atoms with Crippen molar-refractivity contribution in [3.8, 4) is 0 Å². The van der Waals surface area contributed by atoms with Crippen molar-refractivity contribution in [3.63, 3.8) is 0 Å². The van der Waals surface area contributed by atoms with E-state index in [0.29, 0.717) is 33.0 Å². The van der Waals surface area contributed by atoms with Crippen LogP contribution in [0.4, 0.5) is 5.69 Å². The van der Waals surface area contributed by atoms with Crippen LogP contribution >= 0.6 is 15.9 Å². The van der Waals surface area contributed by atoms with Crippen molar-refractivity contribution in [2.24, 2.45) is 0 Å². The summed E-state index contributed by atoms with van der Waals surface area (Å²) in [6.07, 6.45) is 0. The van der Waals surface area contributed by atoms with E-state index in [1.165, 1.54) is 0 Å². The number of nitrogen functional groups attached to an aromatic ring is 1. The minimum Gasteiger partial charge on any atom is -0.398 e. The predicted molar refractivity (Wildman–Crippen MR) is 70.9 cm³/mol. The smallest absolute Gasteiger partial charge is 0.0738 e. The molecule has 0 unspecified atom stereocenters. The fraction of sp³-hybridized carbons (Fsp3) is 0.500. The fourth-order valence-corrected chi connectivity index (χ4v) is 1.62. The van der Waals surface area contributed by atoms with Crippen LogP contribution in [0.15, 0.2) is 22.7 Å². The number of hydrogen-bond acceptors (Lipinski definition) is 4. The van der Waals surface area contributed by atoms with Crippen molar-refractivity contribution in [1.29, 1.82) is 0 Å². The summed E-state index contributed by atoms with van der Waals surface area (Å²) < 4.78 is 16.6. The summed E-state index contributed by atoms with van der Waals surface area (Å²) in [5.41, 5.74) is 7.57. The SMILES string of the molecule is COCCOCCOCc1ccc(Br)cc1N. The number of rotatable bonds is 8. The van der Waals surface area contributed by atoms with Gasteiger partial charge in [0, 0.05) is 22.8 Å². The molecular formula is C12H18BrNO3. The van der Waals surface area contributed by atoms with Crippen LogP contribution in [-0.2, 0) is 20.8 Å². The van der Waals surface area contributed by atoms with Gasteiger partial charge in [-0.05, 0) is 12.1 Å². The van der Waals surface area contributed by atoms with Gasteiger partial charge in [-0.25, -0.2) is 0 Å². The second-order valence-corrected chi connectivity index (χ2v) is 4.42. The molecule has 96 valence electrons. The summed E-state index contributed by atoms with van der Waals surface area (Å²) in [4.78, 5) is 0. The Labute approximate surface area is 110 Å². The Morgan fingerprint density at radius 3 is 2.53 bits per heavy atom. The maximum Gasteiger partial charge on any atom is 0.0738 e. The highest BCUT2D eigenvalue weighted by Crippen LogP contribution is 2.18. The zero-order chi connectivity index (χ0) is 12.5. The molecule has 0 bridgehead atoms. The standard InChI is InChI=1S/C12H18BrNO3/c1-15-4-5-16-6-7-17-9-10-2-3-11(13)8-12(10)14/h2-3,8H,4-7,9,14H2,1H3. The number of hydrogen-bond donors (Lipinski definition) is 1. The van der Waals surface area contributed by atoms with Gasteiger partial charge in [0.1, 0.15) is 0 Å². The molecule has 1 aromatic carbocycles. The van der Waals surface area contributed by atoms with E-state index >= 15 is 0 Å². The third kappa shape index (κ3) is 6.02. The molecule has 2 N–H and O–H groups in total. The first-order valence-electron chi connectivity index (χ1n) is 5.42. The van der Waals surface area contributed by atoms with E-state index in [9.17, 15) is 0 Å². The first kappa shape index (κ1) is 14.4. The zero-order valence-corrected chi connectivity index (χ0v) is 11.5. The number of methoxy groups -OCH3 is 1. The number of halogens is 1. The summed E-state index contributed by atoms with van der Waals surface area (Å²) >= 11 is 3.36. The van der Waals surface area contributed by atoms with Crippen LogP contribution < -0.4 is 5.73 Å². The highest BCUT2D eigenvalue weighted by molar-refractivity contribution is 9.10. The summed E-state index contributed by atoms with van der Waals surface area (Å²) in [7, 11) is 1.65. The topological polar surface area (TPSA) is 53.7 Å². The van der Waals surface area contributed by atoms with Crippen LogP contribution in [0.1, 0.15) is 5.56 Å². The lowest BCUT2D eigenvalue weighted by Crippen LogP contribution is -2.08. The molecule has 4 nitrogen and oxygen atoms in total. The van der Waals surface area contributed by atoms with Gasteiger partial charge in [0.05, 0.1) is 33.0 Å². The van der Waals surface area contributed by atoms with E-state index in [2.05, 4.69) is 15.9 Å². The van der Waals surface area contributed by atoms with Gasteiger partial charge in [-0.15, -0.1) is 0 Å². The minimum absolute atomic E-state index is 0.507.